The monoisotopic (exact) mass is 329 g/mol. The van der Waals surface area contributed by atoms with Crippen LogP contribution in [-0.4, -0.2) is 24.7 Å². The van der Waals surface area contributed by atoms with Crippen molar-refractivity contribution in [3.8, 4) is 17.2 Å². The molecule has 0 radical (unpaired) electrons. The fourth-order valence-corrected chi connectivity index (χ4v) is 2.20. The molecule has 0 unspecified atom stereocenters. The first-order chi connectivity index (χ1) is 11.5. The van der Waals surface area contributed by atoms with Crippen molar-refractivity contribution < 1.29 is 19.4 Å². The molecule has 0 spiro atoms. The third kappa shape index (κ3) is 4.65. The minimum atomic E-state index is -0.331. The number of methoxy groups -OCH3 is 1. The van der Waals surface area contributed by atoms with Gasteiger partial charge in [-0.2, -0.15) is 0 Å². The summed E-state index contributed by atoms with van der Waals surface area (Å²) in [7, 11) is 1.59. The van der Waals surface area contributed by atoms with E-state index in [1.165, 1.54) is 0 Å². The van der Waals surface area contributed by atoms with Gasteiger partial charge in [0.15, 0.2) is 6.61 Å². The number of phenols is 1. The second-order valence-corrected chi connectivity index (χ2v) is 5.60. The summed E-state index contributed by atoms with van der Waals surface area (Å²) >= 11 is 0. The molecule has 0 aromatic heterocycles. The predicted molar refractivity (Wildman–Crippen MR) is 93.9 cm³/mol. The van der Waals surface area contributed by atoms with Gasteiger partial charge in [0.25, 0.3) is 5.91 Å². The molecule has 24 heavy (non-hydrogen) atoms. The lowest BCUT2D eigenvalue weighted by molar-refractivity contribution is -0.118. The minimum Gasteiger partial charge on any atom is -0.506 e. The zero-order chi connectivity index (χ0) is 17.5. The largest absolute Gasteiger partial charge is 0.506 e. The fraction of sp³-hybridized carbons (Fsp3) is 0.316. The van der Waals surface area contributed by atoms with Crippen molar-refractivity contribution >= 4 is 11.6 Å². The molecule has 2 N–H and O–H groups in total. The van der Waals surface area contributed by atoms with Crippen LogP contribution in [0.1, 0.15) is 31.7 Å². The molecule has 0 saturated heterocycles. The van der Waals surface area contributed by atoms with Gasteiger partial charge in [-0.05, 0) is 54.3 Å². The van der Waals surface area contributed by atoms with Crippen LogP contribution in [0.4, 0.5) is 5.69 Å². The molecule has 0 saturated carbocycles. The Labute approximate surface area is 142 Å². The Morgan fingerprint density at radius 3 is 2.46 bits per heavy atom. The van der Waals surface area contributed by atoms with Crippen molar-refractivity contribution in [1.82, 2.24) is 0 Å². The van der Waals surface area contributed by atoms with E-state index >= 15 is 0 Å². The van der Waals surface area contributed by atoms with Crippen LogP contribution in [0.2, 0.25) is 0 Å². The number of hydrogen-bond donors (Lipinski definition) is 2. The lowest BCUT2D eigenvalue weighted by atomic mass is 9.98. The summed E-state index contributed by atoms with van der Waals surface area (Å²) in [6.45, 7) is 4.06. The average molecular weight is 329 g/mol. The highest BCUT2D eigenvalue weighted by Gasteiger charge is 2.11. The Morgan fingerprint density at radius 1 is 1.17 bits per heavy atom. The molecule has 2 rings (SSSR count). The molecule has 2 aromatic rings. The fourth-order valence-electron chi connectivity index (χ4n) is 2.20. The molecule has 5 nitrogen and oxygen atoms in total. The number of amides is 1. The van der Waals surface area contributed by atoms with E-state index in [2.05, 4.69) is 19.2 Å². The van der Waals surface area contributed by atoms with Crippen LogP contribution in [0.25, 0.3) is 0 Å². The summed E-state index contributed by atoms with van der Waals surface area (Å²) in [6.07, 6.45) is 0.985. The van der Waals surface area contributed by atoms with Crippen LogP contribution in [0.5, 0.6) is 17.2 Å². The molecule has 0 aliphatic carbocycles. The van der Waals surface area contributed by atoms with Gasteiger partial charge >= 0.3 is 0 Å². The van der Waals surface area contributed by atoms with Crippen LogP contribution in [0, 0.1) is 0 Å². The minimum absolute atomic E-state index is 0.0415. The molecule has 0 bridgehead atoms. The maximum absolute atomic E-state index is 12.0. The summed E-state index contributed by atoms with van der Waals surface area (Å²) in [5.74, 6) is 1.36. The SMILES string of the molecule is CC[C@H](C)c1ccc(O)c(NC(=O)COc2ccc(OC)cc2)c1. The van der Waals surface area contributed by atoms with Gasteiger partial charge in [-0.1, -0.05) is 19.9 Å². The summed E-state index contributed by atoms with van der Waals surface area (Å²) in [5.41, 5.74) is 1.47. The number of rotatable bonds is 7. The van der Waals surface area contributed by atoms with Crippen molar-refractivity contribution in [2.45, 2.75) is 26.2 Å². The highest BCUT2D eigenvalue weighted by molar-refractivity contribution is 5.93. The standard InChI is InChI=1S/C19H23NO4/c1-4-13(2)14-5-10-18(21)17(11-14)20-19(22)12-24-16-8-6-15(23-3)7-9-16/h5-11,13,21H,4,12H2,1-3H3,(H,20,22)/t13-/m0/s1. The molecule has 1 atom stereocenters. The Kier molecular flexibility index (Phi) is 6.07. The maximum atomic E-state index is 12.0. The number of carbonyl (C=O) groups excluding carboxylic acids is 1. The second-order valence-electron chi connectivity index (χ2n) is 5.60. The van der Waals surface area contributed by atoms with Gasteiger partial charge in [-0.3, -0.25) is 4.79 Å². The summed E-state index contributed by atoms with van der Waals surface area (Å²) in [5, 5.41) is 12.6. The first kappa shape index (κ1) is 17.7. The first-order valence-corrected chi connectivity index (χ1v) is 7.93. The molecular weight excluding hydrogens is 306 g/mol. The van der Waals surface area contributed by atoms with Crippen LogP contribution in [0.15, 0.2) is 42.5 Å². The van der Waals surface area contributed by atoms with Gasteiger partial charge in [-0.25, -0.2) is 0 Å². The number of carbonyl (C=O) groups is 1. The number of anilines is 1. The molecule has 5 heteroatoms. The van der Waals surface area contributed by atoms with Crippen molar-refractivity contribution in [2.75, 3.05) is 19.0 Å². The lowest BCUT2D eigenvalue weighted by Crippen LogP contribution is -2.20. The second kappa shape index (κ2) is 8.24. The molecule has 0 aliphatic rings. The number of ether oxygens (including phenoxy) is 2. The summed E-state index contributed by atoms with van der Waals surface area (Å²) in [6, 6.07) is 12.2. The number of nitrogens with one attached hydrogen (secondary N) is 1. The van der Waals surface area contributed by atoms with E-state index in [1.807, 2.05) is 6.07 Å². The van der Waals surface area contributed by atoms with Crippen molar-refractivity contribution in [3.05, 3.63) is 48.0 Å². The zero-order valence-corrected chi connectivity index (χ0v) is 14.2. The molecule has 0 fully saturated rings. The first-order valence-electron chi connectivity index (χ1n) is 7.93. The van der Waals surface area contributed by atoms with Gasteiger partial charge in [0, 0.05) is 0 Å². The average Bonchev–Trinajstić information content (AvgIpc) is 2.61. The predicted octanol–water partition coefficient (Wildman–Crippen LogP) is 3.93. The van der Waals surface area contributed by atoms with E-state index in [0.717, 1.165) is 17.7 Å². The van der Waals surface area contributed by atoms with Gasteiger partial charge in [-0.15, -0.1) is 0 Å². The Bertz CT molecular complexity index is 682. The van der Waals surface area contributed by atoms with Crippen molar-refractivity contribution in [1.29, 1.82) is 0 Å². The van der Waals surface area contributed by atoms with E-state index in [-0.39, 0.29) is 18.3 Å². The third-order valence-electron chi connectivity index (χ3n) is 3.91. The highest BCUT2D eigenvalue weighted by atomic mass is 16.5. The van der Waals surface area contributed by atoms with Gasteiger partial charge in [0.1, 0.15) is 17.2 Å². The maximum Gasteiger partial charge on any atom is 0.262 e. The van der Waals surface area contributed by atoms with E-state index in [9.17, 15) is 9.90 Å². The Balaban J connectivity index is 1.96. The molecule has 1 amide bonds. The van der Waals surface area contributed by atoms with Gasteiger partial charge in [0.05, 0.1) is 12.8 Å². The van der Waals surface area contributed by atoms with E-state index in [1.54, 1.807) is 43.5 Å². The Hall–Kier alpha value is -2.69. The quantitative estimate of drug-likeness (QED) is 0.755. The Morgan fingerprint density at radius 2 is 1.83 bits per heavy atom. The topological polar surface area (TPSA) is 67.8 Å². The van der Waals surface area contributed by atoms with E-state index < -0.39 is 0 Å². The van der Waals surface area contributed by atoms with Crippen LogP contribution < -0.4 is 14.8 Å². The van der Waals surface area contributed by atoms with Gasteiger partial charge in [0.2, 0.25) is 0 Å². The van der Waals surface area contributed by atoms with E-state index in [0.29, 0.717) is 17.4 Å². The summed E-state index contributed by atoms with van der Waals surface area (Å²) in [4.78, 5) is 12.0. The van der Waals surface area contributed by atoms with Crippen molar-refractivity contribution in [3.63, 3.8) is 0 Å². The smallest absolute Gasteiger partial charge is 0.262 e. The van der Waals surface area contributed by atoms with Gasteiger partial charge < -0.3 is 19.9 Å². The lowest BCUT2D eigenvalue weighted by Gasteiger charge is -2.13. The molecule has 2 aromatic carbocycles. The number of phenolic OH excluding ortho intramolecular Hbond substituents is 1. The molecule has 0 heterocycles. The summed E-state index contributed by atoms with van der Waals surface area (Å²) < 4.78 is 10.5. The highest BCUT2D eigenvalue weighted by Crippen LogP contribution is 2.29. The number of aromatic hydroxyl groups is 1. The van der Waals surface area contributed by atoms with E-state index in [4.69, 9.17) is 9.47 Å². The molecule has 0 aliphatic heterocycles. The number of hydrogen-bond acceptors (Lipinski definition) is 4. The molecular formula is C19H23NO4. The zero-order valence-electron chi connectivity index (χ0n) is 14.2. The molecule has 128 valence electrons. The van der Waals surface area contributed by atoms with Crippen molar-refractivity contribution in [2.24, 2.45) is 0 Å². The van der Waals surface area contributed by atoms with Crippen LogP contribution in [0.3, 0.4) is 0 Å². The van der Waals surface area contributed by atoms with Crippen LogP contribution >= 0.6 is 0 Å². The third-order valence-corrected chi connectivity index (χ3v) is 3.91. The normalized spacial score (nSPS) is 11.6. The number of benzene rings is 2. The van der Waals surface area contributed by atoms with Crippen LogP contribution in [-0.2, 0) is 4.79 Å².